The second kappa shape index (κ2) is 7.38. The minimum absolute atomic E-state index is 0.0579. The summed E-state index contributed by atoms with van der Waals surface area (Å²) in [4.78, 5) is 12.2. The van der Waals surface area contributed by atoms with Crippen LogP contribution in [-0.4, -0.2) is 29.4 Å². The molecule has 0 aromatic heterocycles. The van der Waals surface area contributed by atoms with Gasteiger partial charge in [-0.15, -0.1) is 0 Å². The zero-order valence-corrected chi connectivity index (χ0v) is 12.2. The van der Waals surface area contributed by atoms with Gasteiger partial charge in [0.15, 0.2) is 0 Å². The second-order valence-electron chi connectivity index (χ2n) is 4.21. The summed E-state index contributed by atoms with van der Waals surface area (Å²) in [6, 6.07) is 7.01. The molecule has 0 radical (unpaired) electrons. The first kappa shape index (κ1) is 15.0. The number of hydrogen-bond acceptors (Lipinski definition) is 3. The van der Waals surface area contributed by atoms with Gasteiger partial charge in [-0.1, -0.05) is 31.3 Å². The van der Waals surface area contributed by atoms with Crippen LogP contribution < -0.4 is 11.1 Å². The predicted molar refractivity (Wildman–Crippen MR) is 82.2 cm³/mol. The van der Waals surface area contributed by atoms with Gasteiger partial charge in [-0.25, -0.2) is 0 Å². The molecule has 1 aromatic carbocycles. The minimum atomic E-state index is -0.0579. The molecule has 0 fully saturated rings. The number of thioether (sulfide) groups is 1. The molecule has 3 nitrogen and oxygen atoms in total. The van der Waals surface area contributed by atoms with Crippen molar-refractivity contribution >= 4 is 34.9 Å². The number of amides is 1. The van der Waals surface area contributed by atoms with E-state index in [1.807, 2.05) is 0 Å². The zero-order chi connectivity index (χ0) is 13.5. The van der Waals surface area contributed by atoms with E-state index >= 15 is 0 Å². The summed E-state index contributed by atoms with van der Waals surface area (Å²) < 4.78 is 0. The van der Waals surface area contributed by atoms with E-state index in [1.165, 1.54) is 0 Å². The third kappa shape index (κ3) is 4.66. The van der Waals surface area contributed by atoms with Crippen LogP contribution in [0.25, 0.3) is 0 Å². The van der Waals surface area contributed by atoms with Crippen molar-refractivity contribution in [1.82, 2.24) is 5.32 Å². The van der Waals surface area contributed by atoms with E-state index in [-0.39, 0.29) is 5.91 Å². The van der Waals surface area contributed by atoms with Crippen LogP contribution >= 0.6 is 24.0 Å². The first-order valence-corrected chi connectivity index (χ1v) is 7.51. The summed E-state index contributed by atoms with van der Waals surface area (Å²) in [5.74, 6) is 1.46. The molecule has 0 saturated heterocycles. The summed E-state index contributed by atoms with van der Waals surface area (Å²) in [7, 11) is 0. The summed E-state index contributed by atoms with van der Waals surface area (Å²) in [6.45, 7) is 2.81. The number of nitrogens with two attached hydrogens (primary N) is 1. The Kier molecular flexibility index (Phi) is 6.15. The number of hydrogen-bond donors (Lipinski definition) is 2. The van der Waals surface area contributed by atoms with Crippen molar-refractivity contribution in [3.63, 3.8) is 0 Å². The molecule has 98 valence electrons. The molecule has 0 aliphatic rings. The molecule has 1 aromatic rings. The maximum Gasteiger partial charge on any atom is 0.251 e. The minimum Gasteiger partial charge on any atom is -0.389 e. The fraction of sp³-hybridized carbons (Fsp3) is 0.385. The Hall–Kier alpha value is -1.07. The molecule has 0 heterocycles. The first-order chi connectivity index (χ1) is 8.54. The predicted octanol–water partition coefficient (Wildman–Crippen LogP) is 2.05. The van der Waals surface area contributed by atoms with Gasteiger partial charge in [-0.3, -0.25) is 4.79 Å². The fourth-order valence-corrected chi connectivity index (χ4v) is 2.32. The normalized spacial score (nSPS) is 11.9. The number of benzene rings is 1. The average molecular weight is 282 g/mol. The highest BCUT2D eigenvalue weighted by molar-refractivity contribution is 7.98. The standard InChI is InChI=1S/C13H18N2OS2/c1-9(8-18-2)7-15-13(16)11-5-3-10(4-6-11)12(14)17/h3-6,9H,7-8H2,1-2H3,(H2,14,17)(H,15,16). The van der Waals surface area contributed by atoms with Crippen molar-refractivity contribution in [2.75, 3.05) is 18.6 Å². The van der Waals surface area contributed by atoms with Crippen molar-refractivity contribution in [1.29, 1.82) is 0 Å². The maximum absolute atomic E-state index is 11.9. The number of carbonyl (C=O) groups is 1. The van der Waals surface area contributed by atoms with Crippen LogP contribution in [0.15, 0.2) is 24.3 Å². The average Bonchev–Trinajstić information content (AvgIpc) is 2.36. The van der Waals surface area contributed by atoms with Crippen LogP contribution in [0.3, 0.4) is 0 Å². The first-order valence-electron chi connectivity index (χ1n) is 5.71. The summed E-state index contributed by atoms with van der Waals surface area (Å²) >= 11 is 6.64. The van der Waals surface area contributed by atoms with Crippen molar-refractivity contribution in [3.8, 4) is 0 Å². The van der Waals surface area contributed by atoms with Crippen molar-refractivity contribution in [3.05, 3.63) is 35.4 Å². The topological polar surface area (TPSA) is 55.1 Å². The smallest absolute Gasteiger partial charge is 0.251 e. The second-order valence-corrected chi connectivity index (χ2v) is 5.56. The summed E-state index contributed by atoms with van der Waals surface area (Å²) in [6.07, 6.45) is 2.06. The fourth-order valence-electron chi connectivity index (χ4n) is 1.50. The third-order valence-electron chi connectivity index (χ3n) is 2.49. The highest BCUT2D eigenvalue weighted by Gasteiger charge is 2.07. The van der Waals surface area contributed by atoms with Gasteiger partial charge in [0.25, 0.3) is 5.91 Å². The van der Waals surface area contributed by atoms with Crippen LogP contribution in [0.1, 0.15) is 22.8 Å². The Labute approximate surface area is 118 Å². The Balaban J connectivity index is 2.54. The van der Waals surface area contributed by atoms with Crippen LogP contribution in [-0.2, 0) is 0 Å². The van der Waals surface area contributed by atoms with E-state index in [2.05, 4.69) is 18.5 Å². The highest BCUT2D eigenvalue weighted by atomic mass is 32.2. The van der Waals surface area contributed by atoms with Gasteiger partial charge in [-0.2, -0.15) is 11.8 Å². The lowest BCUT2D eigenvalue weighted by molar-refractivity contribution is 0.0949. The molecule has 0 saturated carbocycles. The largest absolute Gasteiger partial charge is 0.389 e. The van der Waals surface area contributed by atoms with Gasteiger partial charge >= 0.3 is 0 Å². The van der Waals surface area contributed by atoms with E-state index in [0.717, 1.165) is 11.3 Å². The zero-order valence-electron chi connectivity index (χ0n) is 10.6. The number of rotatable bonds is 6. The van der Waals surface area contributed by atoms with Gasteiger partial charge in [0.05, 0.1) is 0 Å². The molecule has 1 rings (SSSR count). The van der Waals surface area contributed by atoms with Gasteiger partial charge in [0.1, 0.15) is 4.99 Å². The highest BCUT2D eigenvalue weighted by Crippen LogP contribution is 2.06. The van der Waals surface area contributed by atoms with Gasteiger partial charge in [0, 0.05) is 17.7 Å². The van der Waals surface area contributed by atoms with E-state index < -0.39 is 0 Å². The molecule has 5 heteroatoms. The van der Waals surface area contributed by atoms with Crippen LogP contribution in [0.5, 0.6) is 0 Å². The molecule has 0 aliphatic carbocycles. The molecule has 3 N–H and O–H groups in total. The van der Waals surface area contributed by atoms with Crippen LogP contribution in [0.4, 0.5) is 0 Å². The molecule has 0 bridgehead atoms. The van der Waals surface area contributed by atoms with Crippen molar-refractivity contribution in [2.24, 2.45) is 11.7 Å². The molecule has 1 unspecified atom stereocenters. The SMILES string of the molecule is CSCC(C)CNC(=O)c1ccc(C(N)=S)cc1. The molecular formula is C13H18N2OS2. The Morgan fingerprint density at radius 1 is 1.39 bits per heavy atom. The maximum atomic E-state index is 11.9. The van der Waals surface area contributed by atoms with Gasteiger partial charge < -0.3 is 11.1 Å². The lowest BCUT2D eigenvalue weighted by Gasteiger charge is -2.11. The monoisotopic (exact) mass is 282 g/mol. The Morgan fingerprint density at radius 2 is 1.94 bits per heavy atom. The molecule has 1 amide bonds. The third-order valence-corrected chi connectivity index (χ3v) is 3.63. The van der Waals surface area contributed by atoms with E-state index in [9.17, 15) is 4.79 Å². The van der Waals surface area contributed by atoms with E-state index in [4.69, 9.17) is 18.0 Å². The molecule has 0 spiro atoms. The van der Waals surface area contributed by atoms with E-state index in [0.29, 0.717) is 23.0 Å². The lowest BCUT2D eigenvalue weighted by atomic mass is 10.1. The van der Waals surface area contributed by atoms with Crippen LogP contribution in [0.2, 0.25) is 0 Å². The van der Waals surface area contributed by atoms with Crippen LogP contribution in [0, 0.1) is 5.92 Å². The Bertz CT molecular complexity index is 418. The van der Waals surface area contributed by atoms with Gasteiger partial charge in [0.2, 0.25) is 0 Å². The molecule has 18 heavy (non-hydrogen) atoms. The summed E-state index contributed by atoms with van der Waals surface area (Å²) in [5.41, 5.74) is 6.91. The number of nitrogens with one attached hydrogen (secondary N) is 1. The van der Waals surface area contributed by atoms with Crippen molar-refractivity contribution < 1.29 is 4.79 Å². The molecule has 1 atom stereocenters. The van der Waals surface area contributed by atoms with E-state index in [1.54, 1.807) is 36.0 Å². The summed E-state index contributed by atoms with van der Waals surface area (Å²) in [5, 5.41) is 2.92. The van der Waals surface area contributed by atoms with Gasteiger partial charge in [-0.05, 0) is 30.1 Å². The quantitative estimate of drug-likeness (QED) is 0.784. The lowest BCUT2D eigenvalue weighted by Crippen LogP contribution is -2.29. The molecular weight excluding hydrogens is 264 g/mol. The number of thiocarbonyl (C=S) groups is 1. The van der Waals surface area contributed by atoms with Crippen molar-refractivity contribution in [2.45, 2.75) is 6.92 Å². The molecule has 0 aliphatic heterocycles. The number of carbonyl (C=O) groups excluding carboxylic acids is 1. The Morgan fingerprint density at radius 3 is 2.44 bits per heavy atom.